The molecule has 1 N–H and O–H groups in total. The molecule has 0 saturated carbocycles. The Bertz CT molecular complexity index is 433. The van der Waals surface area contributed by atoms with Crippen LogP contribution in [0.3, 0.4) is 0 Å². The Balaban J connectivity index is 2.02. The van der Waals surface area contributed by atoms with Gasteiger partial charge in [-0.15, -0.1) is 0 Å². The second-order valence-corrected chi connectivity index (χ2v) is 3.48. The molecule has 0 atom stereocenters. The van der Waals surface area contributed by atoms with Crippen molar-refractivity contribution in [2.24, 2.45) is 7.05 Å². The zero-order valence-corrected chi connectivity index (χ0v) is 8.94. The normalized spacial score (nSPS) is 10.3. The minimum absolute atomic E-state index is 0.761. The van der Waals surface area contributed by atoms with Crippen molar-refractivity contribution in [3.8, 4) is 0 Å². The molecule has 0 aliphatic rings. The molecule has 4 heteroatoms. The van der Waals surface area contributed by atoms with Gasteiger partial charge in [0.15, 0.2) is 0 Å². The van der Waals surface area contributed by atoms with Crippen molar-refractivity contribution >= 4 is 5.82 Å². The van der Waals surface area contributed by atoms with Crippen LogP contribution < -0.4 is 5.32 Å². The van der Waals surface area contributed by atoms with Crippen LogP contribution in [0.5, 0.6) is 0 Å². The van der Waals surface area contributed by atoms with Crippen LogP contribution in [0.15, 0.2) is 30.6 Å². The van der Waals surface area contributed by atoms with Crippen LogP contribution in [-0.2, 0) is 13.6 Å². The second-order valence-electron chi connectivity index (χ2n) is 3.48. The SMILES string of the molecule is Cc1nn(C)cc1CNc1ccccn1. The molecule has 0 amide bonds. The summed E-state index contributed by atoms with van der Waals surface area (Å²) in [6.07, 6.45) is 3.80. The molecule has 0 aliphatic carbocycles. The van der Waals surface area contributed by atoms with Crippen LogP contribution in [0, 0.1) is 6.92 Å². The van der Waals surface area contributed by atoms with E-state index in [1.165, 1.54) is 5.56 Å². The smallest absolute Gasteiger partial charge is 0.126 e. The third kappa shape index (κ3) is 2.34. The van der Waals surface area contributed by atoms with Crippen LogP contribution in [0.1, 0.15) is 11.3 Å². The van der Waals surface area contributed by atoms with Crippen LogP contribution in [-0.4, -0.2) is 14.8 Å². The first-order valence-corrected chi connectivity index (χ1v) is 4.90. The highest BCUT2D eigenvalue weighted by atomic mass is 15.3. The summed E-state index contributed by atoms with van der Waals surface area (Å²) in [5.41, 5.74) is 2.25. The van der Waals surface area contributed by atoms with Crippen LogP contribution in [0.25, 0.3) is 0 Å². The Hall–Kier alpha value is -1.84. The maximum absolute atomic E-state index is 4.28. The number of anilines is 1. The highest BCUT2D eigenvalue weighted by molar-refractivity contribution is 5.34. The number of rotatable bonds is 3. The van der Waals surface area contributed by atoms with E-state index in [2.05, 4.69) is 15.4 Å². The molecule has 4 nitrogen and oxygen atoms in total. The molecule has 0 fully saturated rings. The summed E-state index contributed by atoms with van der Waals surface area (Å²) in [5.74, 6) is 0.890. The number of pyridine rings is 1. The van der Waals surface area contributed by atoms with Gasteiger partial charge in [0.25, 0.3) is 0 Å². The molecule has 0 saturated heterocycles. The van der Waals surface area contributed by atoms with Gasteiger partial charge in [0.05, 0.1) is 5.69 Å². The predicted molar refractivity (Wildman–Crippen MR) is 59.5 cm³/mol. The molecule has 0 spiro atoms. The Morgan fingerprint density at radius 3 is 2.87 bits per heavy atom. The maximum atomic E-state index is 4.28. The number of nitrogens with one attached hydrogen (secondary N) is 1. The number of aryl methyl sites for hydroxylation is 2. The Morgan fingerprint density at radius 2 is 2.27 bits per heavy atom. The Kier molecular flexibility index (Phi) is 2.67. The first-order chi connectivity index (χ1) is 7.25. The number of hydrogen-bond acceptors (Lipinski definition) is 3. The first-order valence-electron chi connectivity index (χ1n) is 4.90. The lowest BCUT2D eigenvalue weighted by Gasteiger charge is -2.03. The van der Waals surface area contributed by atoms with E-state index >= 15 is 0 Å². The number of nitrogens with zero attached hydrogens (tertiary/aromatic N) is 3. The van der Waals surface area contributed by atoms with E-state index in [9.17, 15) is 0 Å². The van der Waals surface area contributed by atoms with Gasteiger partial charge in [0, 0.05) is 31.5 Å². The van der Waals surface area contributed by atoms with Crippen molar-refractivity contribution in [3.63, 3.8) is 0 Å². The lowest BCUT2D eigenvalue weighted by atomic mass is 10.2. The summed E-state index contributed by atoms with van der Waals surface area (Å²) in [6.45, 7) is 2.77. The first kappa shape index (κ1) is 9.71. The molecule has 2 rings (SSSR count). The fourth-order valence-corrected chi connectivity index (χ4v) is 1.48. The molecule has 0 radical (unpaired) electrons. The number of hydrogen-bond donors (Lipinski definition) is 1. The summed E-state index contributed by atoms with van der Waals surface area (Å²) >= 11 is 0. The van der Waals surface area contributed by atoms with Gasteiger partial charge in [-0.2, -0.15) is 5.10 Å². The van der Waals surface area contributed by atoms with E-state index in [1.807, 2.05) is 43.0 Å². The third-order valence-electron chi connectivity index (χ3n) is 2.24. The van der Waals surface area contributed by atoms with E-state index in [-0.39, 0.29) is 0 Å². The molecule has 0 aliphatic heterocycles. The Morgan fingerprint density at radius 1 is 1.40 bits per heavy atom. The Labute approximate surface area is 89.0 Å². The van der Waals surface area contributed by atoms with Gasteiger partial charge < -0.3 is 5.32 Å². The summed E-state index contributed by atoms with van der Waals surface area (Å²) < 4.78 is 1.82. The van der Waals surface area contributed by atoms with Gasteiger partial charge in [0.2, 0.25) is 0 Å². The summed E-state index contributed by atoms with van der Waals surface area (Å²) in [6, 6.07) is 5.82. The average Bonchev–Trinajstić information content (AvgIpc) is 2.56. The van der Waals surface area contributed by atoms with Crippen LogP contribution >= 0.6 is 0 Å². The lowest BCUT2D eigenvalue weighted by molar-refractivity contribution is 0.756. The van der Waals surface area contributed by atoms with Crippen molar-refractivity contribution in [1.82, 2.24) is 14.8 Å². The zero-order chi connectivity index (χ0) is 10.7. The van der Waals surface area contributed by atoms with Gasteiger partial charge in [-0.1, -0.05) is 6.07 Å². The molecule has 15 heavy (non-hydrogen) atoms. The molecule has 0 bridgehead atoms. The van der Waals surface area contributed by atoms with Gasteiger partial charge in [-0.05, 0) is 19.1 Å². The van der Waals surface area contributed by atoms with E-state index in [0.717, 1.165) is 18.1 Å². The zero-order valence-electron chi connectivity index (χ0n) is 8.94. The van der Waals surface area contributed by atoms with Crippen molar-refractivity contribution in [2.75, 3.05) is 5.32 Å². The largest absolute Gasteiger partial charge is 0.366 e. The van der Waals surface area contributed by atoms with Crippen molar-refractivity contribution in [2.45, 2.75) is 13.5 Å². The molecule has 2 aromatic rings. The van der Waals surface area contributed by atoms with Crippen molar-refractivity contribution in [3.05, 3.63) is 41.9 Å². The highest BCUT2D eigenvalue weighted by Crippen LogP contribution is 2.08. The van der Waals surface area contributed by atoms with E-state index in [4.69, 9.17) is 0 Å². The highest BCUT2D eigenvalue weighted by Gasteiger charge is 2.02. The standard InChI is InChI=1S/C11H14N4/c1-9-10(8-15(2)14-9)7-13-11-5-3-4-6-12-11/h3-6,8H,7H2,1-2H3,(H,12,13). The maximum Gasteiger partial charge on any atom is 0.126 e. The summed E-state index contributed by atoms with van der Waals surface area (Å²) in [4.78, 5) is 4.19. The van der Waals surface area contributed by atoms with Gasteiger partial charge in [-0.25, -0.2) is 4.98 Å². The molecule has 2 aromatic heterocycles. The van der Waals surface area contributed by atoms with Crippen molar-refractivity contribution in [1.29, 1.82) is 0 Å². The summed E-state index contributed by atoms with van der Waals surface area (Å²) in [5, 5.41) is 7.53. The second kappa shape index (κ2) is 4.13. The molecule has 0 unspecified atom stereocenters. The van der Waals surface area contributed by atoms with E-state index in [0.29, 0.717) is 0 Å². The van der Waals surface area contributed by atoms with Gasteiger partial charge in [0.1, 0.15) is 5.82 Å². The topological polar surface area (TPSA) is 42.7 Å². The van der Waals surface area contributed by atoms with Crippen LogP contribution in [0.4, 0.5) is 5.82 Å². The minimum Gasteiger partial charge on any atom is -0.366 e. The number of aromatic nitrogens is 3. The molecule has 0 aromatic carbocycles. The molecule has 2 heterocycles. The van der Waals surface area contributed by atoms with Gasteiger partial charge in [-0.3, -0.25) is 4.68 Å². The molecular formula is C11H14N4. The van der Waals surface area contributed by atoms with Crippen LogP contribution in [0.2, 0.25) is 0 Å². The average molecular weight is 202 g/mol. The fourth-order valence-electron chi connectivity index (χ4n) is 1.48. The van der Waals surface area contributed by atoms with Gasteiger partial charge >= 0.3 is 0 Å². The molecule has 78 valence electrons. The third-order valence-corrected chi connectivity index (χ3v) is 2.24. The quantitative estimate of drug-likeness (QED) is 0.824. The predicted octanol–water partition coefficient (Wildman–Crippen LogP) is 1.74. The fraction of sp³-hybridized carbons (Fsp3) is 0.273. The summed E-state index contributed by atoms with van der Waals surface area (Å²) in [7, 11) is 1.93. The lowest BCUT2D eigenvalue weighted by Crippen LogP contribution is -2.01. The van der Waals surface area contributed by atoms with E-state index < -0.39 is 0 Å². The monoisotopic (exact) mass is 202 g/mol. The molecular weight excluding hydrogens is 188 g/mol. The van der Waals surface area contributed by atoms with E-state index in [1.54, 1.807) is 6.20 Å². The van der Waals surface area contributed by atoms with Crippen molar-refractivity contribution < 1.29 is 0 Å². The minimum atomic E-state index is 0.761.